The van der Waals surface area contributed by atoms with Crippen LogP contribution in [0.1, 0.15) is 15.9 Å². The molecule has 0 saturated carbocycles. The lowest BCUT2D eigenvalue weighted by atomic mass is 10.1. The number of benzene rings is 2. The summed E-state index contributed by atoms with van der Waals surface area (Å²) >= 11 is 0. The quantitative estimate of drug-likeness (QED) is 0.778. The number of para-hydroxylation sites is 1. The van der Waals surface area contributed by atoms with E-state index in [0.717, 1.165) is 5.56 Å². The van der Waals surface area contributed by atoms with Crippen molar-refractivity contribution in [3.05, 3.63) is 59.7 Å². The number of fused-ring (bicyclic) bond motifs is 1. The van der Waals surface area contributed by atoms with Crippen molar-refractivity contribution < 1.29 is 14.3 Å². The summed E-state index contributed by atoms with van der Waals surface area (Å²) in [6, 6.07) is 9.70. The Balaban J connectivity index is 2.28. The van der Waals surface area contributed by atoms with Gasteiger partial charge in [-0.25, -0.2) is 14.2 Å². The number of aromatic carboxylic acids is 1. The van der Waals surface area contributed by atoms with E-state index in [9.17, 15) is 9.18 Å². The van der Waals surface area contributed by atoms with Crippen molar-refractivity contribution in [2.75, 3.05) is 0 Å². The largest absolute Gasteiger partial charge is 0.478 e. The molecule has 1 N–H and O–H groups in total. The van der Waals surface area contributed by atoms with E-state index in [-0.39, 0.29) is 11.4 Å². The van der Waals surface area contributed by atoms with Crippen molar-refractivity contribution in [1.82, 2.24) is 9.55 Å². The molecule has 20 heavy (non-hydrogen) atoms. The van der Waals surface area contributed by atoms with Crippen LogP contribution in [0.15, 0.2) is 42.7 Å². The third kappa shape index (κ3) is 1.84. The number of aromatic nitrogens is 2. The van der Waals surface area contributed by atoms with E-state index in [2.05, 4.69) is 4.98 Å². The summed E-state index contributed by atoms with van der Waals surface area (Å²) in [4.78, 5) is 15.2. The lowest BCUT2D eigenvalue weighted by molar-refractivity contribution is 0.0699. The minimum absolute atomic E-state index is 0.105. The number of carboxylic acids is 1. The second-order valence-corrected chi connectivity index (χ2v) is 4.55. The van der Waals surface area contributed by atoms with Gasteiger partial charge in [0.2, 0.25) is 0 Å². The smallest absolute Gasteiger partial charge is 0.337 e. The number of hydrogen-bond acceptors (Lipinski definition) is 2. The first-order valence-electron chi connectivity index (χ1n) is 6.04. The SMILES string of the molecule is Cc1ccc(-n2cnc3c(C(=O)O)cccc32)c(F)c1. The Labute approximate surface area is 114 Å². The van der Waals surface area contributed by atoms with Crippen LogP contribution < -0.4 is 0 Å². The fourth-order valence-electron chi connectivity index (χ4n) is 2.21. The van der Waals surface area contributed by atoms with Crippen LogP contribution in [0.3, 0.4) is 0 Å². The van der Waals surface area contributed by atoms with Crippen LogP contribution in [0.2, 0.25) is 0 Å². The third-order valence-corrected chi connectivity index (χ3v) is 3.17. The molecule has 5 heteroatoms. The predicted molar refractivity (Wildman–Crippen MR) is 72.7 cm³/mol. The van der Waals surface area contributed by atoms with Crippen molar-refractivity contribution in [3.8, 4) is 5.69 Å². The Hall–Kier alpha value is -2.69. The highest BCUT2D eigenvalue weighted by Gasteiger charge is 2.14. The van der Waals surface area contributed by atoms with E-state index >= 15 is 0 Å². The second kappa shape index (κ2) is 4.45. The highest BCUT2D eigenvalue weighted by Crippen LogP contribution is 2.23. The van der Waals surface area contributed by atoms with Crippen molar-refractivity contribution >= 4 is 17.0 Å². The van der Waals surface area contributed by atoms with Gasteiger partial charge in [0.05, 0.1) is 16.8 Å². The predicted octanol–water partition coefficient (Wildman–Crippen LogP) is 3.17. The fraction of sp³-hybridized carbons (Fsp3) is 0.0667. The van der Waals surface area contributed by atoms with Gasteiger partial charge in [0.1, 0.15) is 17.7 Å². The summed E-state index contributed by atoms with van der Waals surface area (Å²) in [6.45, 7) is 1.81. The van der Waals surface area contributed by atoms with Gasteiger partial charge >= 0.3 is 5.97 Å². The normalized spacial score (nSPS) is 10.9. The average Bonchev–Trinajstić information content (AvgIpc) is 2.82. The summed E-state index contributed by atoms with van der Waals surface area (Å²) in [5.41, 5.74) is 2.18. The molecule has 0 spiro atoms. The Kier molecular flexibility index (Phi) is 2.75. The van der Waals surface area contributed by atoms with Gasteiger partial charge < -0.3 is 5.11 Å². The minimum Gasteiger partial charge on any atom is -0.478 e. The Bertz CT molecular complexity index is 824. The monoisotopic (exact) mass is 270 g/mol. The van der Waals surface area contributed by atoms with E-state index in [0.29, 0.717) is 16.7 Å². The molecule has 0 aliphatic rings. The van der Waals surface area contributed by atoms with E-state index in [4.69, 9.17) is 5.11 Å². The van der Waals surface area contributed by atoms with Crippen LogP contribution in [0, 0.1) is 12.7 Å². The fourth-order valence-corrected chi connectivity index (χ4v) is 2.21. The first-order chi connectivity index (χ1) is 9.58. The summed E-state index contributed by atoms with van der Waals surface area (Å²) in [6.07, 6.45) is 1.44. The standard InChI is InChI=1S/C15H11FN2O2/c1-9-5-6-12(11(16)7-9)18-8-17-14-10(15(19)20)3-2-4-13(14)18/h2-8H,1H3,(H,19,20). The van der Waals surface area contributed by atoms with Gasteiger partial charge in [0, 0.05) is 0 Å². The van der Waals surface area contributed by atoms with Crippen LogP contribution in [0.25, 0.3) is 16.7 Å². The Morgan fingerprint density at radius 3 is 2.80 bits per heavy atom. The molecule has 0 aliphatic heterocycles. The van der Waals surface area contributed by atoms with Gasteiger partial charge in [-0.1, -0.05) is 12.1 Å². The van der Waals surface area contributed by atoms with Crippen molar-refractivity contribution in [2.24, 2.45) is 0 Å². The molecule has 2 aromatic carbocycles. The molecule has 0 aliphatic carbocycles. The molecule has 100 valence electrons. The van der Waals surface area contributed by atoms with E-state index in [1.165, 1.54) is 18.5 Å². The molecule has 4 nitrogen and oxygen atoms in total. The molecule has 0 bridgehead atoms. The molecule has 3 rings (SSSR count). The minimum atomic E-state index is -1.05. The number of carbonyl (C=O) groups is 1. The third-order valence-electron chi connectivity index (χ3n) is 3.17. The Morgan fingerprint density at radius 2 is 2.10 bits per heavy atom. The lowest BCUT2D eigenvalue weighted by Gasteiger charge is -2.06. The Morgan fingerprint density at radius 1 is 1.30 bits per heavy atom. The molecule has 0 amide bonds. The van der Waals surface area contributed by atoms with Crippen molar-refractivity contribution in [1.29, 1.82) is 0 Å². The van der Waals surface area contributed by atoms with Gasteiger partial charge in [-0.3, -0.25) is 4.57 Å². The second-order valence-electron chi connectivity index (χ2n) is 4.55. The lowest BCUT2D eigenvalue weighted by Crippen LogP contribution is -1.99. The molecule has 1 heterocycles. The highest BCUT2D eigenvalue weighted by molar-refractivity contribution is 6.01. The molecule has 3 aromatic rings. The molecular weight excluding hydrogens is 259 g/mol. The van der Waals surface area contributed by atoms with Crippen LogP contribution in [0.5, 0.6) is 0 Å². The maximum absolute atomic E-state index is 14.0. The maximum atomic E-state index is 14.0. The molecule has 1 aromatic heterocycles. The van der Waals surface area contributed by atoms with Gasteiger partial charge in [-0.2, -0.15) is 0 Å². The number of halogens is 1. The molecule has 0 saturated heterocycles. The van der Waals surface area contributed by atoms with Crippen LogP contribution in [-0.2, 0) is 0 Å². The zero-order valence-electron chi connectivity index (χ0n) is 10.7. The molecular formula is C15H11FN2O2. The van der Waals surface area contributed by atoms with Gasteiger partial charge in [-0.05, 0) is 36.8 Å². The molecule has 0 atom stereocenters. The first kappa shape index (κ1) is 12.3. The number of carboxylic acid groups (broad SMARTS) is 1. The van der Waals surface area contributed by atoms with Gasteiger partial charge in [0.25, 0.3) is 0 Å². The van der Waals surface area contributed by atoms with E-state index in [1.807, 2.05) is 0 Å². The zero-order valence-corrected chi connectivity index (χ0v) is 10.7. The molecule has 0 unspecified atom stereocenters. The molecule has 0 fully saturated rings. The van der Waals surface area contributed by atoms with Crippen LogP contribution in [-0.4, -0.2) is 20.6 Å². The molecule has 0 radical (unpaired) electrons. The van der Waals surface area contributed by atoms with Gasteiger partial charge in [0.15, 0.2) is 0 Å². The summed E-state index contributed by atoms with van der Waals surface area (Å²) < 4.78 is 15.6. The van der Waals surface area contributed by atoms with Crippen LogP contribution in [0.4, 0.5) is 4.39 Å². The van der Waals surface area contributed by atoms with Crippen molar-refractivity contribution in [3.63, 3.8) is 0 Å². The number of rotatable bonds is 2. The first-order valence-corrected chi connectivity index (χ1v) is 6.04. The van der Waals surface area contributed by atoms with Gasteiger partial charge in [-0.15, -0.1) is 0 Å². The number of hydrogen-bond donors (Lipinski definition) is 1. The number of nitrogens with zero attached hydrogens (tertiary/aromatic N) is 2. The topological polar surface area (TPSA) is 55.1 Å². The maximum Gasteiger partial charge on any atom is 0.337 e. The summed E-state index contributed by atoms with van der Waals surface area (Å²) in [5, 5.41) is 9.13. The number of imidazole rings is 1. The zero-order chi connectivity index (χ0) is 14.3. The van der Waals surface area contributed by atoms with E-state index in [1.54, 1.807) is 35.8 Å². The van der Waals surface area contributed by atoms with Crippen molar-refractivity contribution in [2.45, 2.75) is 6.92 Å². The highest BCUT2D eigenvalue weighted by atomic mass is 19.1. The average molecular weight is 270 g/mol. The number of aryl methyl sites for hydroxylation is 1. The summed E-state index contributed by atoms with van der Waals surface area (Å²) in [5.74, 6) is -1.42. The van der Waals surface area contributed by atoms with E-state index < -0.39 is 5.97 Å². The summed E-state index contributed by atoms with van der Waals surface area (Å²) in [7, 11) is 0. The van der Waals surface area contributed by atoms with Crippen LogP contribution >= 0.6 is 0 Å².